The fourth-order valence-electron chi connectivity index (χ4n) is 3.09. The number of morpholine rings is 1. The minimum Gasteiger partial charge on any atom is -0.497 e. The lowest BCUT2D eigenvalue weighted by Crippen LogP contribution is -2.36. The monoisotopic (exact) mass is 288 g/mol. The van der Waals surface area contributed by atoms with Crippen molar-refractivity contribution >= 4 is 10.9 Å². The summed E-state index contributed by atoms with van der Waals surface area (Å²) in [5.41, 5.74) is 2.68. The Balaban J connectivity index is 1.66. The van der Waals surface area contributed by atoms with Gasteiger partial charge in [0.2, 0.25) is 0 Å². The van der Waals surface area contributed by atoms with Crippen LogP contribution in [0.2, 0.25) is 0 Å². The summed E-state index contributed by atoms with van der Waals surface area (Å²) >= 11 is 0. The maximum Gasteiger partial charge on any atom is 0.120 e. The molecule has 0 amide bonds. The zero-order chi connectivity index (χ0) is 14.7. The molecule has 0 atom stereocenters. The number of fused-ring (bicyclic) bond motifs is 1. The predicted molar refractivity (Wildman–Crippen MR) is 85.1 cm³/mol. The maximum absolute atomic E-state index is 5.39. The van der Waals surface area contributed by atoms with Gasteiger partial charge in [-0.15, -0.1) is 0 Å². The van der Waals surface area contributed by atoms with Crippen molar-refractivity contribution in [1.29, 1.82) is 0 Å². The highest BCUT2D eigenvalue weighted by Crippen LogP contribution is 2.26. The molecule has 0 spiro atoms. The minimum atomic E-state index is 0.883. The second kappa shape index (κ2) is 6.50. The number of hydrogen-bond acceptors (Lipinski definition) is 3. The smallest absolute Gasteiger partial charge is 0.120 e. The average molecular weight is 288 g/mol. The number of methoxy groups -OCH3 is 1. The molecule has 1 aliphatic heterocycles. The summed E-state index contributed by atoms with van der Waals surface area (Å²) in [6, 6.07) is 6.34. The SMILES string of the molecule is COc1ccc2c(CCCN3CCOCC3)cn(C)c2c1. The Kier molecular flexibility index (Phi) is 4.46. The normalized spacial score (nSPS) is 16.5. The molecule has 0 N–H and O–H groups in total. The van der Waals surface area contributed by atoms with E-state index >= 15 is 0 Å². The zero-order valence-electron chi connectivity index (χ0n) is 13.0. The molecule has 114 valence electrons. The van der Waals surface area contributed by atoms with Gasteiger partial charge in [0, 0.05) is 37.8 Å². The second-order valence-corrected chi connectivity index (χ2v) is 5.71. The van der Waals surface area contributed by atoms with E-state index in [1.165, 1.54) is 22.9 Å². The van der Waals surface area contributed by atoms with E-state index in [1.807, 2.05) is 6.07 Å². The van der Waals surface area contributed by atoms with Gasteiger partial charge in [0.25, 0.3) is 0 Å². The van der Waals surface area contributed by atoms with E-state index in [2.05, 4.69) is 34.8 Å². The van der Waals surface area contributed by atoms with Crippen molar-refractivity contribution in [2.45, 2.75) is 12.8 Å². The molecule has 0 radical (unpaired) electrons. The van der Waals surface area contributed by atoms with Gasteiger partial charge in [0.1, 0.15) is 5.75 Å². The van der Waals surface area contributed by atoms with E-state index in [0.29, 0.717) is 0 Å². The Hall–Kier alpha value is -1.52. The van der Waals surface area contributed by atoms with Gasteiger partial charge in [-0.25, -0.2) is 0 Å². The van der Waals surface area contributed by atoms with Crippen molar-refractivity contribution in [3.8, 4) is 5.75 Å². The number of nitrogens with zero attached hydrogens (tertiary/aromatic N) is 2. The lowest BCUT2D eigenvalue weighted by Gasteiger charge is -2.26. The van der Waals surface area contributed by atoms with Crippen molar-refractivity contribution in [1.82, 2.24) is 9.47 Å². The summed E-state index contributed by atoms with van der Waals surface area (Å²) in [6.45, 7) is 5.08. The van der Waals surface area contributed by atoms with E-state index in [4.69, 9.17) is 9.47 Å². The lowest BCUT2D eigenvalue weighted by molar-refractivity contribution is 0.0375. The molecule has 21 heavy (non-hydrogen) atoms. The highest BCUT2D eigenvalue weighted by atomic mass is 16.5. The number of ether oxygens (including phenoxy) is 2. The van der Waals surface area contributed by atoms with Gasteiger partial charge in [0.05, 0.1) is 25.8 Å². The lowest BCUT2D eigenvalue weighted by atomic mass is 10.1. The van der Waals surface area contributed by atoms with Crippen LogP contribution in [0, 0.1) is 0 Å². The predicted octanol–water partition coefficient (Wildman–Crippen LogP) is 2.45. The molecule has 0 unspecified atom stereocenters. The fraction of sp³-hybridized carbons (Fsp3) is 0.529. The van der Waals surface area contributed by atoms with Crippen molar-refractivity contribution < 1.29 is 9.47 Å². The first-order chi connectivity index (χ1) is 10.3. The van der Waals surface area contributed by atoms with Gasteiger partial charge in [-0.3, -0.25) is 4.90 Å². The topological polar surface area (TPSA) is 26.6 Å². The maximum atomic E-state index is 5.39. The molecule has 2 heterocycles. The summed E-state index contributed by atoms with van der Waals surface area (Å²) in [5, 5.41) is 1.35. The summed E-state index contributed by atoms with van der Waals surface area (Å²) < 4.78 is 12.9. The van der Waals surface area contributed by atoms with Gasteiger partial charge in [-0.05, 0) is 37.1 Å². The summed E-state index contributed by atoms with van der Waals surface area (Å²) in [7, 11) is 3.82. The molecule has 0 bridgehead atoms. The summed E-state index contributed by atoms with van der Waals surface area (Å²) in [5.74, 6) is 0.920. The molecule has 0 saturated carbocycles. The number of rotatable bonds is 5. The second-order valence-electron chi connectivity index (χ2n) is 5.71. The fourth-order valence-corrected chi connectivity index (χ4v) is 3.09. The van der Waals surface area contributed by atoms with Gasteiger partial charge < -0.3 is 14.0 Å². The van der Waals surface area contributed by atoms with Crippen LogP contribution >= 0.6 is 0 Å². The van der Waals surface area contributed by atoms with Crippen molar-refractivity contribution in [3.05, 3.63) is 30.0 Å². The molecule has 1 saturated heterocycles. The van der Waals surface area contributed by atoms with Crippen LogP contribution in [0.25, 0.3) is 10.9 Å². The first kappa shape index (κ1) is 14.4. The summed E-state index contributed by atoms with van der Waals surface area (Å²) in [6.07, 6.45) is 4.58. The molecule has 4 heteroatoms. The molecule has 1 aliphatic rings. The molecule has 1 aromatic heterocycles. The Labute approximate surface area is 126 Å². The van der Waals surface area contributed by atoms with E-state index in [1.54, 1.807) is 7.11 Å². The van der Waals surface area contributed by atoms with E-state index in [-0.39, 0.29) is 0 Å². The Morgan fingerprint density at radius 1 is 1.24 bits per heavy atom. The van der Waals surface area contributed by atoms with Crippen LogP contribution in [0.5, 0.6) is 5.75 Å². The van der Waals surface area contributed by atoms with Crippen LogP contribution in [0.4, 0.5) is 0 Å². The van der Waals surface area contributed by atoms with Crippen molar-refractivity contribution in [2.24, 2.45) is 7.05 Å². The first-order valence-corrected chi connectivity index (χ1v) is 7.70. The molecule has 4 nitrogen and oxygen atoms in total. The van der Waals surface area contributed by atoms with Gasteiger partial charge >= 0.3 is 0 Å². The van der Waals surface area contributed by atoms with Crippen molar-refractivity contribution in [2.75, 3.05) is 40.0 Å². The number of aromatic nitrogens is 1. The third-order valence-corrected chi connectivity index (χ3v) is 4.30. The van der Waals surface area contributed by atoms with Crippen molar-refractivity contribution in [3.63, 3.8) is 0 Å². The van der Waals surface area contributed by atoms with Crippen LogP contribution in [-0.2, 0) is 18.2 Å². The Morgan fingerprint density at radius 2 is 2.05 bits per heavy atom. The largest absolute Gasteiger partial charge is 0.497 e. The molecule has 1 aromatic carbocycles. The van der Waals surface area contributed by atoms with Crippen LogP contribution < -0.4 is 4.74 Å². The number of hydrogen-bond donors (Lipinski definition) is 0. The van der Waals surface area contributed by atoms with Gasteiger partial charge in [-0.1, -0.05) is 0 Å². The third kappa shape index (κ3) is 3.22. The summed E-state index contributed by atoms with van der Waals surface area (Å²) in [4.78, 5) is 2.50. The standard InChI is InChI=1S/C17H24N2O2/c1-18-13-14(4-3-7-19-8-10-21-11-9-19)16-6-5-15(20-2)12-17(16)18/h5-6,12-13H,3-4,7-11H2,1-2H3. The molecule has 0 aliphatic carbocycles. The highest BCUT2D eigenvalue weighted by Gasteiger charge is 2.11. The van der Waals surface area contributed by atoms with E-state index in [0.717, 1.165) is 45.0 Å². The molecule has 2 aromatic rings. The van der Waals surface area contributed by atoms with Gasteiger partial charge in [-0.2, -0.15) is 0 Å². The third-order valence-electron chi connectivity index (χ3n) is 4.30. The number of aryl methyl sites for hydroxylation is 2. The number of benzene rings is 1. The van der Waals surface area contributed by atoms with Crippen LogP contribution in [-0.4, -0.2) is 49.4 Å². The Morgan fingerprint density at radius 3 is 2.81 bits per heavy atom. The van der Waals surface area contributed by atoms with E-state index < -0.39 is 0 Å². The Bertz CT molecular complexity index is 600. The van der Waals surface area contributed by atoms with Crippen LogP contribution in [0.1, 0.15) is 12.0 Å². The average Bonchev–Trinajstić information content (AvgIpc) is 2.84. The quantitative estimate of drug-likeness (QED) is 0.845. The van der Waals surface area contributed by atoms with E-state index in [9.17, 15) is 0 Å². The van der Waals surface area contributed by atoms with Gasteiger partial charge in [0.15, 0.2) is 0 Å². The zero-order valence-corrected chi connectivity index (χ0v) is 13.0. The molecule has 1 fully saturated rings. The van der Waals surface area contributed by atoms with Crippen LogP contribution in [0.3, 0.4) is 0 Å². The first-order valence-electron chi connectivity index (χ1n) is 7.70. The van der Waals surface area contributed by atoms with Crippen LogP contribution in [0.15, 0.2) is 24.4 Å². The molecule has 3 rings (SSSR count). The minimum absolute atomic E-state index is 0.883. The molecular weight excluding hydrogens is 264 g/mol. The highest BCUT2D eigenvalue weighted by molar-refractivity contribution is 5.85. The molecular formula is C17H24N2O2.